The van der Waals surface area contributed by atoms with Crippen LogP contribution in [0.4, 0.5) is 29.1 Å². The van der Waals surface area contributed by atoms with Crippen molar-refractivity contribution in [2.75, 3.05) is 5.34 Å². The number of nitrogens with zero attached hydrogens (tertiary/aromatic N) is 2. The van der Waals surface area contributed by atoms with Gasteiger partial charge < -0.3 is 0 Å². The Balaban J connectivity index is 3.45. The molecular formula is C6H2F4N2O2. The van der Waals surface area contributed by atoms with Gasteiger partial charge in [0.05, 0.1) is 4.92 Å². The van der Waals surface area contributed by atoms with E-state index < -0.39 is 33.3 Å². The summed E-state index contributed by atoms with van der Waals surface area (Å²) in [5.41, 5.74) is -2.89. The molecule has 0 N–H and O–H groups in total. The molecule has 0 heterocycles. The second-order valence-corrected chi connectivity index (χ2v) is 2.22. The minimum atomic E-state index is -1.91. The van der Waals surface area contributed by atoms with Crippen LogP contribution in [0.1, 0.15) is 0 Å². The van der Waals surface area contributed by atoms with Gasteiger partial charge in [-0.3, -0.25) is 10.1 Å². The number of hydrogen-bond donors (Lipinski definition) is 0. The van der Waals surface area contributed by atoms with E-state index in [1.165, 1.54) is 0 Å². The van der Waals surface area contributed by atoms with Crippen molar-refractivity contribution in [1.82, 2.24) is 0 Å². The molecule has 0 aliphatic carbocycles. The van der Waals surface area contributed by atoms with Crippen molar-refractivity contribution in [1.29, 1.82) is 0 Å². The van der Waals surface area contributed by atoms with Crippen LogP contribution >= 0.6 is 0 Å². The third-order valence-corrected chi connectivity index (χ3v) is 1.41. The van der Waals surface area contributed by atoms with Gasteiger partial charge in [-0.15, -0.1) is 0 Å². The second kappa shape index (κ2) is 3.48. The van der Waals surface area contributed by atoms with E-state index in [9.17, 15) is 27.9 Å². The molecule has 0 atom stereocenters. The topological polar surface area (TPSA) is 46.4 Å². The van der Waals surface area contributed by atoms with E-state index in [0.29, 0.717) is 12.1 Å². The molecule has 0 spiro atoms. The predicted octanol–water partition coefficient (Wildman–Crippen LogP) is 2.45. The zero-order chi connectivity index (χ0) is 10.9. The van der Waals surface area contributed by atoms with Crippen molar-refractivity contribution in [2.45, 2.75) is 0 Å². The third kappa shape index (κ3) is 1.58. The molecule has 0 aliphatic rings. The molecule has 0 unspecified atom stereocenters. The van der Waals surface area contributed by atoms with Crippen LogP contribution in [0, 0.1) is 21.7 Å². The lowest BCUT2D eigenvalue weighted by Gasteiger charge is -2.03. The Labute approximate surface area is 74.4 Å². The van der Waals surface area contributed by atoms with Crippen molar-refractivity contribution in [3.8, 4) is 0 Å². The Bertz CT molecular complexity index is 382. The molecule has 0 amide bonds. The number of rotatable bonds is 2. The molecule has 14 heavy (non-hydrogen) atoms. The third-order valence-electron chi connectivity index (χ3n) is 1.41. The van der Waals surface area contributed by atoms with Gasteiger partial charge in [-0.05, 0) is 17.5 Å². The Morgan fingerprint density at radius 3 is 2.29 bits per heavy atom. The molecule has 0 saturated carbocycles. The van der Waals surface area contributed by atoms with E-state index in [1.54, 1.807) is 0 Å². The highest BCUT2D eigenvalue weighted by molar-refractivity contribution is 5.61. The first kappa shape index (κ1) is 10.2. The first-order chi connectivity index (χ1) is 6.45. The smallest absolute Gasteiger partial charge is 0.258 e. The lowest BCUT2D eigenvalue weighted by atomic mass is 10.2. The Morgan fingerprint density at radius 1 is 1.29 bits per heavy atom. The number of nitro benzene ring substituents is 1. The zero-order valence-electron chi connectivity index (χ0n) is 6.38. The maximum Gasteiger partial charge on any atom is 0.336 e. The average molecular weight is 210 g/mol. The van der Waals surface area contributed by atoms with Gasteiger partial charge in [0.2, 0.25) is 5.82 Å². The molecule has 76 valence electrons. The summed E-state index contributed by atoms with van der Waals surface area (Å²) in [4.78, 5) is 8.72. The van der Waals surface area contributed by atoms with Gasteiger partial charge in [0.25, 0.3) is 0 Å². The molecule has 0 aromatic heterocycles. The number of anilines is 1. The van der Waals surface area contributed by atoms with Crippen LogP contribution in [0.5, 0.6) is 0 Å². The summed E-state index contributed by atoms with van der Waals surface area (Å²) >= 11 is 0. The maximum atomic E-state index is 12.7. The molecule has 4 nitrogen and oxygen atoms in total. The fourth-order valence-electron chi connectivity index (χ4n) is 0.840. The standard InChI is InChI=1S/C6H2F4N2O2/c7-3-1-2-4(11(9)10)6(5(3)8)12(13)14/h1-2H. The van der Waals surface area contributed by atoms with Crippen LogP contribution in [0.25, 0.3) is 0 Å². The van der Waals surface area contributed by atoms with Gasteiger partial charge in [0.1, 0.15) is 0 Å². The van der Waals surface area contributed by atoms with E-state index in [0.717, 1.165) is 0 Å². The quantitative estimate of drug-likeness (QED) is 0.326. The van der Waals surface area contributed by atoms with Gasteiger partial charge in [-0.2, -0.15) is 4.39 Å². The molecule has 0 aliphatic heterocycles. The van der Waals surface area contributed by atoms with Crippen LogP contribution in [0.3, 0.4) is 0 Å². The highest BCUT2D eigenvalue weighted by atomic mass is 19.4. The summed E-state index contributed by atoms with van der Waals surface area (Å²) in [6.07, 6.45) is 0. The second-order valence-electron chi connectivity index (χ2n) is 2.22. The Kier molecular flexibility index (Phi) is 2.54. The number of halogens is 4. The van der Waals surface area contributed by atoms with Gasteiger partial charge in [0, 0.05) is 0 Å². The molecule has 0 radical (unpaired) electrons. The van der Waals surface area contributed by atoms with E-state index in [2.05, 4.69) is 0 Å². The van der Waals surface area contributed by atoms with Crippen molar-refractivity contribution in [3.05, 3.63) is 33.9 Å². The Hall–Kier alpha value is -1.86. The Morgan fingerprint density at radius 2 is 1.86 bits per heavy atom. The molecule has 1 aromatic rings. The lowest BCUT2D eigenvalue weighted by Crippen LogP contribution is -2.04. The average Bonchev–Trinajstić information content (AvgIpc) is 2.08. The molecule has 0 fully saturated rings. The minimum Gasteiger partial charge on any atom is -0.258 e. The highest BCUT2D eigenvalue weighted by Gasteiger charge is 2.28. The van der Waals surface area contributed by atoms with Gasteiger partial charge >= 0.3 is 5.69 Å². The molecule has 1 rings (SSSR count). The van der Waals surface area contributed by atoms with Crippen LogP contribution in [-0.2, 0) is 0 Å². The fourth-order valence-corrected chi connectivity index (χ4v) is 0.840. The predicted molar refractivity (Wildman–Crippen MR) is 37.7 cm³/mol. The zero-order valence-corrected chi connectivity index (χ0v) is 6.38. The monoisotopic (exact) mass is 210 g/mol. The van der Waals surface area contributed by atoms with E-state index >= 15 is 0 Å². The summed E-state index contributed by atoms with van der Waals surface area (Å²) in [5.74, 6) is -3.46. The SMILES string of the molecule is O=[N+]([O-])c1c(N(F)F)ccc(F)c1F. The lowest BCUT2D eigenvalue weighted by molar-refractivity contribution is -0.387. The first-order valence-corrected chi connectivity index (χ1v) is 3.19. The van der Waals surface area contributed by atoms with Crippen molar-refractivity contribution < 1.29 is 22.7 Å². The molecular weight excluding hydrogens is 208 g/mol. The normalized spacial score (nSPS) is 10.0. The van der Waals surface area contributed by atoms with Crippen LogP contribution in [0.15, 0.2) is 12.1 Å². The maximum absolute atomic E-state index is 12.7. The van der Waals surface area contributed by atoms with Gasteiger partial charge in [-0.25, -0.2) is 4.39 Å². The van der Waals surface area contributed by atoms with Gasteiger partial charge in [0.15, 0.2) is 11.5 Å². The number of nitro groups is 1. The summed E-state index contributed by atoms with van der Waals surface area (Å²) in [7, 11) is 0. The van der Waals surface area contributed by atoms with Crippen LogP contribution in [-0.4, -0.2) is 4.92 Å². The van der Waals surface area contributed by atoms with Crippen LogP contribution in [0.2, 0.25) is 0 Å². The van der Waals surface area contributed by atoms with E-state index in [4.69, 9.17) is 0 Å². The molecule has 0 bridgehead atoms. The fraction of sp³-hybridized carbons (Fsp3) is 0. The molecule has 0 saturated heterocycles. The molecule has 1 aromatic carbocycles. The summed E-state index contributed by atoms with van der Waals surface area (Å²) in [5, 5.41) is 8.49. The first-order valence-electron chi connectivity index (χ1n) is 3.19. The largest absolute Gasteiger partial charge is 0.336 e. The van der Waals surface area contributed by atoms with Crippen molar-refractivity contribution in [2.24, 2.45) is 0 Å². The summed E-state index contributed by atoms with van der Waals surface area (Å²) in [6, 6.07) is 0.792. The molecule has 8 heteroatoms. The van der Waals surface area contributed by atoms with Gasteiger partial charge in [-0.1, -0.05) is 8.96 Å². The highest BCUT2D eigenvalue weighted by Crippen LogP contribution is 2.32. The van der Waals surface area contributed by atoms with Crippen LogP contribution < -0.4 is 5.34 Å². The van der Waals surface area contributed by atoms with E-state index in [-0.39, 0.29) is 0 Å². The number of benzene rings is 1. The minimum absolute atomic E-state index is 0.379. The summed E-state index contributed by atoms with van der Waals surface area (Å²) < 4.78 is 49.0. The van der Waals surface area contributed by atoms with Crippen molar-refractivity contribution >= 4 is 11.4 Å². The van der Waals surface area contributed by atoms with E-state index in [1.807, 2.05) is 0 Å². The van der Waals surface area contributed by atoms with Crippen molar-refractivity contribution in [3.63, 3.8) is 0 Å². The number of hydrogen-bond acceptors (Lipinski definition) is 3. The summed E-state index contributed by atoms with van der Waals surface area (Å²) in [6.45, 7) is 0.